The number of rotatable bonds is 5. The second-order valence-electron chi connectivity index (χ2n) is 4.19. The highest BCUT2D eigenvalue weighted by Crippen LogP contribution is 2.12. The van der Waals surface area contributed by atoms with Gasteiger partial charge in [-0.2, -0.15) is 0 Å². The molecule has 1 aliphatic heterocycles. The van der Waals surface area contributed by atoms with E-state index in [-0.39, 0.29) is 12.7 Å². The largest absolute Gasteiger partial charge is 0.491 e. The van der Waals surface area contributed by atoms with E-state index in [1.54, 1.807) is 0 Å². The molecule has 1 heterocycles. The predicted octanol–water partition coefficient (Wildman–Crippen LogP) is 1.21. The number of benzene rings is 1. The van der Waals surface area contributed by atoms with Gasteiger partial charge in [-0.25, -0.2) is 0 Å². The monoisotopic (exact) mass is 262 g/mol. The lowest BCUT2D eigenvalue weighted by molar-refractivity contribution is 0.0265. The van der Waals surface area contributed by atoms with Gasteiger partial charge in [-0.1, -0.05) is 11.8 Å². The molecule has 102 valence electrons. The first-order valence-corrected chi connectivity index (χ1v) is 6.40. The summed E-state index contributed by atoms with van der Waals surface area (Å²) >= 11 is 0. The Labute approximate surface area is 113 Å². The summed E-state index contributed by atoms with van der Waals surface area (Å²) in [7, 11) is 0. The Morgan fingerprint density at radius 1 is 1.26 bits per heavy atom. The van der Waals surface area contributed by atoms with E-state index in [9.17, 15) is 0 Å². The maximum atomic E-state index is 8.59. The van der Waals surface area contributed by atoms with Crippen molar-refractivity contribution in [2.24, 2.45) is 0 Å². The maximum absolute atomic E-state index is 8.59. The molecule has 4 heteroatoms. The van der Waals surface area contributed by atoms with Crippen LogP contribution in [0.25, 0.3) is 0 Å². The van der Waals surface area contributed by atoms with Crippen LogP contribution in [0.2, 0.25) is 0 Å². The minimum Gasteiger partial charge on any atom is -0.491 e. The minimum absolute atomic E-state index is 0.125. The number of aliphatic hydroxyl groups is 1. The van der Waals surface area contributed by atoms with E-state index in [2.05, 4.69) is 11.8 Å². The van der Waals surface area contributed by atoms with Crippen molar-refractivity contribution in [3.8, 4) is 17.6 Å². The second kappa shape index (κ2) is 7.80. The molecular weight excluding hydrogens is 244 g/mol. The lowest BCUT2D eigenvalue weighted by atomic mass is 10.2. The van der Waals surface area contributed by atoms with E-state index in [4.69, 9.17) is 19.3 Å². The van der Waals surface area contributed by atoms with Gasteiger partial charge in [-0.15, -0.1) is 0 Å². The van der Waals surface area contributed by atoms with Crippen LogP contribution in [-0.4, -0.2) is 44.2 Å². The fourth-order valence-electron chi connectivity index (χ4n) is 1.79. The molecular formula is C15H18O4. The normalized spacial score (nSPS) is 17.8. The van der Waals surface area contributed by atoms with Gasteiger partial charge >= 0.3 is 0 Å². The summed E-state index contributed by atoms with van der Waals surface area (Å²) < 4.78 is 16.4. The summed E-state index contributed by atoms with van der Waals surface area (Å²) in [5.74, 6) is 6.22. The molecule has 1 aromatic rings. The van der Waals surface area contributed by atoms with Gasteiger partial charge in [0, 0.05) is 12.2 Å². The molecule has 19 heavy (non-hydrogen) atoms. The molecule has 0 aliphatic carbocycles. The van der Waals surface area contributed by atoms with Crippen LogP contribution >= 0.6 is 0 Å². The zero-order valence-electron chi connectivity index (χ0n) is 10.8. The van der Waals surface area contributed by atoms with Crippen LogP contribution in [-0.2, 0) is 9.47 Å². The van der Waals surface area contributed by atoms with E-state index in [1.807, 2.05) is 24.3 Å². The van der Waals surface area contributed by atoms with Crippen LogP contribution < -0.4 is 4.74 Å². The Hall–Kier alpha value is -1.54. The molecule has 1 atom stereocenters. The highest BCUT2D eigenvalue weighted by atomic mass is 16.6. The Morgan fingerprint density at radius 3 is 2.79 bits per heavy atom. The van der Waals surface area contributed by atoms with E-state index in [1.165, 1.54) is 0 Å². The molecule has 1 N–H and O–H groups in total. The predicted molar refractivity (Wildman–Crippen MR) is 71.1 cm³/mol. The summed E-state index contributed by atoms with van der Waals surface area (Å²) in [6, 6.07) is 7.45. The SMILES string of the molecule is OCC#Cc1ccc(OCCOC2CCOC2)cc1. The van der Waals surface area contributed by atoms with Crippen molar-refractivity contribution < 1.29 is 19.3 Å². The van der Waals surface area contributed by atoms with E-state index in [0.717, 1.165) is 24.3 Å². The number of ether oxygens (including phenoxy) is 3. The third-order valence-electron chi connectivity index (χ3n) is 2.76. The second-order valence-corrected chi connectivity index (χ2v) is 4.19. The van der Waals surface area contributed by atoms with Gasteiger partial charge in [-0.3, -0.25) is 0 Å². The van der Waals surface area contributed by atoms with Gasteiger partial charge in [0.25, 0.3) is 0 Å². The first-order chi connectivity index (χ1) is 9.38. The van der Waals surface area contributed by atoms with Crippen LogP contribution in [0.3, 0.4) is 0 Å². The maximum Gasteiger partial charge on any atom is 0.119 e. The lowest BCUT2D eigenvalue weighted by Gasteiger charge is -2.10. The molecule has 1 aromatic carbocycles. The van der Waals surface area contributed by atoms with Crippen molar-refractivity contribution in [3.63, 3.8) is 0 Å². The Morgan fingerprint density at radius 2 is 2.11 bits per heavy atom. The van der Waals surface area contributed by atoms with Gasteiger partial charge < -0.3 is 19.3 Å². The van der Waals surface area contributed by atoms with Crippen LogP contribution in [0, 0.1) is 11.8 Å². The van der Waals surface area contributed by atoms with E-state index < -0.39 is 0 Å². The molecule has 1 saturated heterocycles. The first-order valence-electron chi connectivity index (χ1n) is 6.40. The number of hydrogen-bond acceptors (Lipinski definition) is 4. The molecule has 0 aromatic heterocycles. The average Bonchev–Trinajstić information content (AvgIpc) is 2.96. The standard InChI is InChI=1S/C15H18O4/c16-8-1-2-13-3-5-14(6-4-13)18-10-11-19-15-7-9-17-12-15/h3-6,15-16H,7-12H2. The van der Waals surface area contributed by atoms with Gasteiger partial charge in [0.05, 0.1) is 19.3 Å². The number of hydrogen-bond donors (Lipinski definition) is 1. The molecule has 0 radical (unpaired) electrons. The Bertz CT molecular complexity index is 424. The fraction of sp³-hybridized carbons (Fsp3) is 0.467. The van der Waals surface area contributed by atoms with Crippen molar-refractivity contribution in [2.75, 3.05) is 33.0 Å². The summed E-state index contributed by atoms with van der Waals surface area (Å²) in [6.45, 7) is 2.46. The highest BCUT2D eigenvalue weighted by molar-refractivity contribution is 5.38. The Balaban J connectivity index is 1.67. The first kappa shape index (κ1) is 13.9. The van der Waals surface area contributed by atoms with Crippen LogP contribution in [0.5, 0.6) is 5.75 Å². The summed E-state index contributed by atoms with van der Waals surface area (Å²) in [5.41, 5.74) is 0.862. The molecule has 1 aliphatic rings. The third kappa shape index (κ3) is 4.92. The van der Waals surface area contributed by atoms with Crippen LogP contribution in [0.15, 0.2) is 24.3 Å². The molecule has 2 rings (SSSR count). The summed E-state index contributed by atoms with van der Waals surface area (Å²) in [6.07, 6.45) is 1.19. The van der Waals surface area contributed by atoms with Crippen molar-refractivity contribution >= 4 is 0 Å². The van der Waals surface area contributed by atoms with Crippen molar-refractivity contribution in [3.05, 3.63) is 29.8 Å². The molecule has 0 spiro atoms. The quantitative estimate of drug-likeness (QED) is 0.640. The van der Waals surface area contributed by atoms with E-state index in [0.29, 0.717) is 19.8 Å². The van der Waals surface area contributed by atoms with E-state index >= 15 is 0 Å². The number of aliphatic hydroxyl groups excluding tert-OH is 1. The zero-order valence-corrected chi connectivity index (χ0v) is 10.8. The smallest absolute Gasteiger partial charge is 0.119 e. The van der Waals surface area contributed by atoms with Crippen LogP contribution in [0.4, 0.5) is 0 Å². The van der Waals surface area contributed by atoms with Crippen LogP contribution in [0.1, 0.15) is 12.0 Å². The topological polar surface area (TPSA) is 47.9 Å². The third-order valence-corrected chi connectivity index (χ3v) is 2.76. The average molecular weight is 262 g/mol. The molecule has 1 unspecified atom stereocenters. The fourth-order valence-corrected chi connectivity index (χ4v) is 1.79. The molecule has 4 nitrogen and oxygen atoms in total. The lowest BCUT2D eigenvalue weighted by Crippen LogP contribution is -2.16. The summed E-state index contributed by atoms with van der Waals surface area (Å²) in [4.78, 5) is 0. The molecule has 1 fully saturated rings. The van der Waals surface area contributed by atoms with Gasteiger partial charge in [0.1, 0.15) is 19.0 Å². The summed E-state index contributed by atoms with van der Waals surface area (Å²) in [5, 5.41) is 8.59. The van der Waals surface area contributed by atoms with Crippen molar-refractivity contribution in [2.45, 2.75) is 12.5 Å². The Kier molecular flexibility index (Phi) is 5.70. The zero-order chi connectivity index (χ0) is 13.3. The van der Waals surface area contributed by atoms with Gasteiger partial charge in [0.2, 0.25) is 0 Å². The van der Waals surface area contributed by atoms with Crippen molar-refractivity contribution in [1.82, 2.24) is 0 Å². The highest BCUT2D eigenvalue weighted by Gasteiger charge is 2.15. The van der Waals surface area contributed by atoms with Gasteiger partial charge in [0.15, 0.2) is 0 Å². The molecule has 0 saturated carbocycles. The van der Waals surface area contributed by atoms with Crippen molar-refractivity contribution in [1.29, 1.82) is 0 Å². The minimum atomic E-state index is -0.125. The molecule has 0 bridgehead atoms. The van der Waals surface area contributed by atoms with Gasteiger partial charge in [-0.05, 0) is 30.7 Å². The molecule has 0 amide bonds.